The van der Waals surface area contributed by atoms with E-state index in [4.69, 9.17) is 10.5 Å². The van der Waals surface area contributed by atoms with E-state index in [0.29, 0.717) is 5.75 Å². The minimum Gasteiger partial charge on any atom is -0.480 e. The highest BCUT2D eigenvalue weighted by atomic mass is 16.5. The smallest absolute Gasteiger partial charge is 0.258 e. The van der Waals surface area contributed by atoms with Gasteiger partial charge in [0.2, 0.25) is 0 Å². The molecule has 1 amide bonds. The Labute approximate surface area is 101 Å². The maximum absolute atomic E-state index is 11.5. The predicted octanol–water partition coefficient (Wildman–Crippen LogP) is 0.719. The number of amides is 1. The standard InChI is InChI=1S/C13H17N2O2/c14-13(16)12(10-6-8-15-9-7-10)17-11-4-2-1-3-5-11/h2-5,10,12,15H,6-9H2,(H2,14,16). The van der Waals surface area contributed by atoms with Crippen molar-refractivity contribution in [3.8, 4) is 5.75 Å². The molecule has 4 heteroatoms. The minimum atomic E-state index is -0.528. The summed E-state index contributed by atoms with van der Waals surface area (Å²) in [6.07, 6.45) is 1.32. The van der Waals surface area contributed by atoms with Crippen molar-refractivity contribution in [2.45, 2.75) is 18.9 Å². The van der Waals surface area contributed by atoms with E-state index in [0.717, 1.165) is 25.9 Å². The summed E-state index contributed by atoms with van der Waals surface area (Å²) < 4.78 is 5.69. The number of rotatable bonds is 4. The molecule has 2 rings (SSSR count). The van der Waals surface area contributed by atoms with Gasteiger partial charge in [0.1, 0.15) is 5.75 Å². The summed E-state index contributed by atoms with van der Waals surface area (Å²) in [6, 6.07) is 10.0. The summed E-state index contributed by atoms with van der Waals surface area (Å²) in [6.45, 7) is 1.83. The minimum absolute atomic E-state index is 0.206. The van der Waals surface area contributed by atoms with Gasteiger partial charge in [-0.2, -0.15) is 0 Å². The van der Waals surface area contributed by atoms with Crippen molar-refractivity contribution in [2.24, 2.45) is 11.7 Å². The first-order valence-corrected chi connectivity index (χ1v) is 5.90. The van der Waals surface area contributed by atoms with Crippen LogP contribution in [0, 0.1) is 12.0 Å². The fourth-order valence-electron chi connectivity index (χ4n) is 2.13. The zero-order valence-electron chi connectivity index (χ0n) is 9.69. The lowest BCUT2D eigenvalue weighted by molar-refractivity contribution is -0.127. The quantitative estimate of drug-likeness (QED) is 0.805. The Morgan fingerprint density at radius 3 is 2.65 bits per heavy atom. The van der Waals surface area contributed by atoms with Crippen molar-refractivity contribution in [1.29, 1.82) is 0 Å². The Kier molecular flexibility index (Phi) is 3.98. The van der Waals surface area contributed by atoms with Crippen molar-refractivity contribution in [1.82, 2.24) is 5.32 Å². The first-order chi connectivity index (χ1) is 8.27. The summed E-state index contributed by atoms with van der Waals surface area (Å²) >= 11 is 0. The van der Waals surface area contributed by atoms with Crippen LogP contribution < -0.4 is 15.8 Å². The van der Waals surface area contributed by atoms with Crippen molar-refractivity contribution >= 4 is 5.91 Å². The van der Waals surface area contributed by atoms with Crippen molar-refractivity contribution in [3.63, 3.8) is 0 Å². The third kappa shape index (κ3) is 3.20. The van der Waals surface area contributed by atoms with Gasteiger partial charge in [0.05, 0.1) is 0 Å². The van der Waals surface area contributed by atoms with Gasteiger partial charge in [0.15, 0.2) is 6.10 Å². The van der Waals surface area contributed by atoms with Gasteiger partial charge in [-0.1, -0.05) is 12.1 Å². The van der Waals surface area contributed by atoms with Gasteiger partial charge in [-0.05, 0) is 44.1 Å². The van der Waals surface area contributed by atoms with E-state index in [1.807, 2.05) is 0 Å². The normalized spacial score (nSPS) is 18.6. The molecule has 1 saturated heterocycles. The molecule has 1 aliphatic heterocycles. The molecule has 91 valence electrons. The molecule has 1 heterocycles. The summed E-state index contributed by atoms with van der Waals surface area (Å²) in [5.41, 5.74) is 5.42. The highest BCUT2D eigenvalue weighted by molar-refractivity contribution is 5.79. The van der Waals surface area contributed by atoms with E-state index >= 15 is 0 Å². The molecule has 1 fully saturated rings. The van der Waals surface area contributed by atoms with Crippen LogP contribution in [0.3, 0.4) is 0 Å². The van der Waals surface area contributed by atoms with Crippen LogP contribution >= 0.6 is 0 Å². The molecule has 17 heavy (non-hydrogen) atoms. The number of primary amides is 1. The molecule has 0 saturated carbocycles. The number of ether oxygens (including phenoxy) is 1. The van der Waals surface area contributed by atoms with E-state index in [1.54, 1.807) is 24.3 Å². The molecule has 4 nitrogen and oxygen atoms in total. The molecule has 3 N–H and O–H groups in total. The Morgan fingerprint density at radius 2 is 2.06 bits per heavy atom. The molecule has 1 aromatic carbocycles. The second-order valence-corrected chi connectivity index (χ2v) is 4.26. The first kappa shape index (κ1) is 11.9. The summed E-state index contributed by atoms with van der Waals surface area (Å²) in [5.74, 6) is 0.494. The fourth-order valence-corrected chi connectivity index (χ4v) is 2.13. The van der Waals surface area contributed by atoms with Crippen molar-refractivity contribution in [2.75, 3.05) is 13.1 Å². The van der Waals surface area contributed by atoms with E-state index in [-0.39, 0.29) is 11.8 Å². The van der Waals surface area contributed by atoms with Crippen LogP contribution in [0.5, 0.6) is 5.75 Å². The molecule has 1 unspecified atom stereocenters. The van der Waals surface area contributed by atoms with E-state index < -0.39 is 6.10 Å². The van der Waals surface area contributed by atoms with E-state index in [2.05, 4.69) is 11.4 Å². The second kappa shape index (κ2) is 5.68. The number of benzene rings is 1. The van der Waals surface area contributed by atoms with Crippen molar-refractivity contribution in [3.05, 3.63) is 30.3 Å². The molecule has 0 spiro atoms. The van der Waals surface area contributed by atoms with Crippen LogP contribution in [-0.4, -0.2) is 25.1 Å². The number of piperidine rings is 1. The molecule has 1 aromatic rings. The van der Waals surface area contributed by atoms with Crippen LogP contribution in [0.2, 0.25) is 0 Å². The third-order valence-electron chi connectivity index (χ3n) is 3.04. The Morgan fingerprint density at radius 1 is 1.41 bits per heavy atom. The van der Waals surface area contributed by atoms with Crippen LogP contribution in [0.1, 0.15) is 12.8 Å². The molecule has 1 aliphatic rings. The number of hydrogen-bond donors (Lipinski definition) is 2. The number of carbonyl (C=O) groups is 1. The van der Waals surface area contributed by atoms with Crippen LogP contribution in [-0.2, 0) is 4.79 Å². The molecular formula is C13H17N2O2. The van der Waals surface area contributed by atoms with E-state index in [1.165, 1.54) is 0 Å². The monoisotopic (exact) mass is 233 g/mol. The first-order valence-electron chi connectivity index (χ1n) is 5.90. The van der Waals surface area contributed by atoms with Crippen LogP contribution in [0.15, 0.2) is 24.3 Å². The SMILES string of the molecule is NC(=O)C(Oc1cc[c]cc1)C1CCNCC1. The Bertz CT molecular complexity index is 361. The highest BCUT2D eigenvalue weighted by Crippen LogP contribution is 2.21. The summed E-state index contributed by atoms with van der Waals surface area (Å²) in [7, 11) is 0. The third-order valence-corrected chi connectivity index (χ3v) is 3.04. The van der Waals surface area contributed by atoms with Crippen molar-refractivity contribution < 1.29 is 9.53 Å². The molecular weight excluding hydrogens is 216 g/mol. The lowest BCUT2D eigenvalue weighted by atomic mass is 9.91. The van der Waals surface area contributed by atoms with Gasteiger partial charge < -0.3 is 15.8 Å². The second-order valence-electron chi connectivity index (χ2n) is 4.26. The number of carbonyl (C=O) groups excluding carboxylic acids is 1. The average Bonchev–Trinajstić information content (AvgIpc) is 2.38. The molecule has 1 radical (unpaired) electrons. The maximum atomic E-state index is 11.5. The van der Waals surface area contributed by atoms with Gasteiger partial charge in [0.25, 0.3) is 5.91 Å². The highest BCUT2D eigenvalue weighted by Gasteiger charge is 2.29. The largest absolute Gasteiger partial charge is 0.480 e. The van der Waals surface area contributed by atoms with Crippen LogP contribution in [0.25, 0.3) is 0 Å². The molecule has 1 atom stereocenters. The zero-order chi connectivity index (χ0) is 12.1. The molecule has 0 bridgehead atoms. The topological polar surface area (TPSA) is 64.4 Å². The lowest BCUT2D eigenvalue weighted by Gasteiger charge is -2.29. The van der Waals surface area contributed by atoms with E-state index in [9.17, 15) is 4.79 Å². The number of nitrogens with one attached hydrogen (secondary N) is 1. The Balaban J connectivity index is 2.04. The fraction of sp³-hybridized carbons (Fsp3) is 0.462. The maximum Gasteiger partial charge on any atom is 0.258 e. The van der Waals surface area contributed by atoms with Gasteiger partial charge in [-0.15, -0.1) is 0 Å². The predicted molar refractivity (Wildman–Crippen MR) is 64.5 cm³/mol. The zero-order valence-corrected chi connectivity index (χ0v) is 9.69. The average molecular weight is 233 g/mol. The molecule has 0 aliphatic carbocycles. The van der Waals surface area contributed by atoms with Crippen LogP contribution in [0.4, 0.5) is 0 Å². The summed E-state index contributed by atoms with van der Waals surface area (Å²) in [5, 5.41) is 3.26. The number of hydrogen-bond acceptors (Lipinski definition) is 3. The number of nitrogens with two attached hydrogens (primary N) is 1. The van der Waals surface area contributed by atoms with Gasteiger partial charge in [-0.3, -0.25) is 4.79 Å². The summed E-state index contributed by atoms with van der Waals surface area (Å²) in [4.78, 5) is 11.5. The van der Waals surface area contributed by atoms with Gasteiger partial charge >= 0.3 is 0 Å². The molecule has 0 aromatic heterocycles. The lowest BCUT2D eigenvalue weighted by Crippen LogP contribution is -2.44. The van der Waals surface area contributed by atoms with Gasteiger partial charge in [-0.25, -0.2) is 0 Å². The Hall–Kier alpha value is -1.55. The van der Waals surface area contributed by atoms with Gasteiger partial charge in [0, 0.05) is 5.92 Å².